The molecule has 5 heteroatoms. The van der Waals surface area contributed by atoms with Crippen LogP contribution in [-0.2, 0) is 6.61 Å². The highest BCUT2D eigenvalue weighted by Gasteiger charge is 2.03. The van der Waals surface area contributed by atoms with Gasteiger partial charge in [-0.15, -0.1) is 0 Å². The molecule has 0 atom stereocenters. The predicted octanol–water partition coefficient (Wildman–Crippen LogP) is 3.30. The van der Waals surface area contributed by atoms with Crippen LogP contribution in [0.3, 0.4) is 0 Å². The molecule has 2 aromatic carbocycles. The van der Waals surface area contributed by atoms with Gasteiger partial charge in [0, 0.05) is 0 Å². The lowest BCUT2D eigenvalue weighted by Gasteiger charge is -2.10. The molecule has 0 spiro atoms. The van der Waals surface area contributed by atoms with Gasteiger partial charge in [-0.1, -0.05) is 17.7 Å². The van der Waals surface area contributed by atoms with Gasteiger partial charge in [-0.05, 0) is 42.0 Å². The van der Waals surface area contributed by atoms with E-state index in [2.05, 4.69) is 0 Å². The van der Waals surface area contributed by atoms with Gasteiger partial charge in [0.15, 0.2) is 0 Å². The summed E-state index contributed by atoms with van der Waals surface area (Å²) in [6.07, 6.45) is 0. The minimum absolute atomic E-state index is 0.0411. The van der Waals surface area contributed by atoms with E-state index in [1.165, 1.54) is 0 Å². The number of benzene rings is 2. The van der Waals surface area contributed by atoms with Crippen LogP contribution >= 0.6 is 11.6 Å². The highest BCUT2D eigenvalue weighted by Crippen LogP contribution is 2.25. The van der Waals surface area contributed by atoms with Crippen LogP contribution in [-0.4, -0.2) is 25.4 Å². The number of ether oxygens (including phenoxy) is 3. The maximum Gasteiger partial charge on any atom is 0.138 e. The third-order valence-electron chi connectivity index (χ3n) is 2.85. The van der Waals surface area contributed by atoms with Gasteiger partial charge in [0.05, 0.1) is 18.7 Å². The van der Waals surface area contributed by atoms with E-state index < -0.39 is 0 Å². The molecule has 112 valence electrons. The van der Waals surface area contributed by atoms with Gasteiger partial charge in [0.25, 0.3) is 0 Å². The maximum absolute atomic E-state index is 9.00. The van der Waals surface area contributed by atoms with Crippen molar-refractivity contribution in [3.05, 3.63) is 53.1 Å². The lowest BCUT2D eigenvalue weighted by molar-refractivity contribution is 0.217. The number of hydrogen-bond acceptors (Lipinski definition) is 4. The Labute approximate surface area is 128 Å². The van der Waals surface area contributed by atoms with Gasteiger partial charge in [0.2, 0.25) is 0 Å². The summed E-state index contributed by atoms with van der Waals surface area (Å²) >= 11 is 6.05. The topological polar surface area (TPSA) is 47.9 Å². The first kappa shape index (κ1) is 15.5. The van der Waals surface area contributed by atoms with E-state index in [9.17, 15) is 0 Å². The molecule has 0 aliphatic heterocycles. The first-order chi connectivity index (χ1) is 10.2. The van der Waals surface area contributed by atoms with Crippen molar-refractivity contribution < 1.29 is 19.3 Å². The first-order valence-corrected chi connectivity index (χ1v) is 6.89. The molecule has 0 saturated carbocycles. The number of halogens is 1. The quantitative estimate of drug-likeness (QED) is 0.797. The second-order valence-corrected chi connectivity index (χ2v) is 4.70. The van der Waals surface area contributed by atoms with Crippen molar-refractivity contribution >= 4 is 11.6 Å². The van der Waals surface area contributed by atoms with Crippen LogP contribution in [0.25, 0.3) is 0 Å². The van der Waals surface area contributed by atoms with Crippen molar-refractivity contribution in [2.75, 3.05) is 20.3 Å². The maximum atomic E-state index is 9.00. The van der Waals surface area contributed by atoms with Gasteiger partial charge in [-0.25, -0.2) is 0 Å². The zero-order valence-electron chi connectivity index (χ0n) is 11.7. The number of rotatable bonds is 7. The van der Waals surface area contributed by atoms with Crippen molar-refractivity contribution in [2.24, 2.45) is 0 Å². The monoisotopic (exact) mass is 308 g/mol. The average Bonchev–Trinajstić information content (AvgIpc) is 2.53. The van der Waals surface area contributed by atoms with E-state index in [1.807, 2.05) is 24.3 Å². The van der Waals surface area contributed by atoms with Crippen LogP contribution in [0.4, 0.5) is 0 Å². The molecule has 0 aliphatic carbocycles. The van der Waals surface area contributed by atoms with E-state index in [0.717, 1.165) is 17.1 Å². The second-order valence-electron chi connectivity index (χ2n) is 4.30. The fraction of sp³-hybridized carbons (Fsp3) is 0.250. The van der Waals surface area contributed by atoms with E-state index in [-0.39, 0.29) is 6.61 Å². The molecule has 0 fully saturated rings. The standard InChI is InChI=1S/C16H17ClO4/c1-19-13-3-5-14(6-4-13)20-8-9-21-16-7-2-12(11-18)10-15(16)17/h2-7,10,18H,8-9,11H2,1H3. The van der Waals surface area contributed by atoms with E-state index >= 15 is 0 Å². The average molecular weight is 309 g/mol. The Morgan fingerprint density at radius 1 is 0.952 bits per heavy atom. The Hall–Kier alpha value is -1.91. The number of hydrogen-bond donors (Lipinski definition) is 1. The molecule has 21 heavy (non-hydrogen) atoms. The largest absolute Gasteiger partial charge is 0.497 e. The summed E-state index contributed by atoms with van der Waals surface area (Å²) < 4.78 is 16.2. The SMILES string of the molecule is COc1ccc(OCCOc2ccc(CO)cc2Cl)cc1. The molecule has 0 unspecified atom stereocenters. The van der Waals surface area contributed by atoms with E-state index in [1.54, 1.807) is 25.3 Å². The highest BCUT2D eigenvalue weighted by molar-refractivity contribution is 6.32. The van der Waals surface area contributed by atoms with Crippen molar-refractivity contribution in [3.8, 4) is 17.2 Å². The summed E-state index contributed by atoms with van der Waals surface area (Å²) in [7, 11) is 1.62. The van der Waals surface area contributed by atoms with E-state index in [4.69, 9.17) is 30.9 Å². The van der Waals surface area contributed by atoms with Crippen molar-refractivity contribution in [1.82, 2.24) is 0 Å². The summed E-state index contributed by atoms with van der Waals surface area (Å²) in [4.78, 5) is 0. The van der Waals surface area contributed by atoms with Gasteiger partial charge in [0.1, 0.15) is 30.5 Å². The first-order valence-electron chi connectivity index (χ1n) is 6.52. The van der Waals surface area contributed by atoms with Crippen LogP contribution in [0.5, 0.6) is 17.2 Å². The molecule has 0 heterocycles. The highest BCUT2D eigenvalue weighted by atomic mass is 35.5. The molecule has 0 aliphatic rings. The second kappa shape index (κ2) is 7.76. The smallest absolute Gasteiger partial charge is 0.138 e. The van der Waals surface area contributed by atoms with Crippen molar-refractivity contribution in [3.63, 3.8) is 0 Å². The molecule has 0 aromatic heterocycles. The van der Waals surface area contributed by atoms with Crippen molar-refractivity contribution in [2.45, 2.75) is 6.61 Å². The summed E-state index contributed by atoms with van der Waals surface area (Å²) in [6.45, 7) is 0.745. The van der Waals surface area contributed by atoms with Gasteiger partial charge in [-0.3, -0.25) is 0 Å². The fourth-order valence-corrected chi connectivity index (χ4v) is 2.00. The molecule has 0 bridgehead atoms. The lowest BCUT2D eigenvalue weighted by Crippen LogP contribution is -2.09. The third-order valence-corrected chi connectivity index (χ3v) is 3.14. The summed E-state index contributed by atoms with van der Waals surface area (Å²) in [5, 5.41) is 9.48. The van der Waals surface area contributed by atoms with E-state index in [0.29, 0.717) is 24.0 Å². The third kappa shape index (κ3) is 4.55. The lowest BCUT2D eigenvalue weighted by atomic mass is 10.2. The van der Waals surface area contributed by atoms with Crippen LogP contribution in [0.15, 0.2) is 42.5 Å². The molecule has 2 aromatic rings. The Kier molecular flexibility index (Phi) is 5.72. The normalized spacial score (nSPS) is 10.2. The zero-order valence-corrected chi connectivity index (χ0v) is 12.5. The molecule has 0 amide bonds. The molecular weight excluding hydrogens is 292 g/mol. The van der Waals surface area contributed by atoms with Crippen LogP contribution < -0.4 is 14.2 Å². The number of aliphatic hydroxyl groups excluding tert-OH is 1. The predicted molar refractivity (Wildman–Crippen MR) is 81.4 cm³/mol. The van der Waals surface area contributed by atoms with Gasteiger partial charge in [-0.2, -0.15) is 0 Å². The summed E-state index contributed by atoms with van der Waals surface area (Å²) in [5.74, 6) is 2.11. The Morgan fingerprint density at radius 3 is 2.24 bits per heavy atom. The van der Waals surface area contributed by atoms with Crippen LogP contribution in [0, 0.1) is 0 Å². The fourth-order valence-electron chi connectivity index (χ4n) is 1.74. The molecule has 4 nitrogen and oxygen atoms in total. The molecule has 0 saturated heterocycles. The zero-order chi connectivity index (χ0) is 15.1. The van der Waals surface area contributed by atoms with Gasteiger partial charge < -0.3 is 19.3 Å². The van der Waals surface area contributed by atoms with Crippen LogP contribution in [0.1, 0.15) is 5.56 Å². The van der Waals surface area contributed by atoms with Crippen LogP contribution in [0.2, 0.25) is 5.02 Å². The van der Waals surface area contributed by atoms with Crippen molar-refractivity contribution in [1.29, 1.82) is 0 Å². The summed E-state index contributed by atoms with van der Waals surface area (Å²) in [6, 6.07) is 12.5. The number of methoxy groups -OCH3 is 1. The Balaban J connectivity index is 1.78. The minimum Gasteiger partial charge on any atom is -0.497 e. The molecule has 0 radical (unpaired) electrons. The molecule has 2 rings (SSSR count). The Bertz CT molecular complexity index is 569. The van der Waals surface area contributed by atoms with Gasteiger partial charge >= 0.3 is 0 Å². The number of aliphatic hydroxyl groups is 1. The molecular formula is C16H17ClO4. The minimum atomic E-state index is -0.0411. The Morgan fingerprint density at radius 2 is 1.62 bits per heavy atom. The molecule has 1 N–H and O–H groups in total. The summed E-state index contributed by atoms with van der Waals surface area (Å²) in [5.41, 5.74) is 0.752.